The molecular formula is C26H26FN5O2. The Morgan fingerprint density at radius 1 is 1.24 bits per heavy atom. The number of aromatic amines is 1. The summed E-state index contributed by atoms with van der Waals surface area (Å²) in [6.07, 6.45) is 7.45. The molecule has 2 aliphatic heterocycles. The van der Waals surface area contributed by atoms with Gasteiger partial charge in [-0.3, -0.25) is 9.78 Å². The molecule has 0 radical (unpaired) electrons. The fourth-order valence-electron chi connectivity index (χ4n) is 4.51. The number of carbonyl (C=O) groups is 1. The van der Waals surface area contributed by atoms with Crippen LogP contribution < -0.4 is 20.7 Å². The van der Waals surface area contributed by atoms with E-state index < -0.39 is 5.82 Å². The topological polar surface area (TPSA) is 91.1 Å². The number of hydrogen-bond donors (Lipinski definition) is 4. The number of para-hydroxylation sites is 1. The number of aromatic nitrogens is 2. The summed E-state index contributed by atoms with van der Waals surface area (Å²) in [6.45, 7) is 1.52. The van der Waals surface area contributed by atoms with Gasteiger partial charge < -0.3 is 25.7 Å². The number of pyridine rings is 1. The Hall–Kier alpha value is -3.83. The molecule has 0 spiro atoms. The minimum absolute atomic E-state index is 0.0812. The number of amides is 1. The second-order valence-electron chi connectivity index (χ2n) is 8.37. The Kier molecular flexibility index (Phi) is 6.19. The van der Waals surface area contributed by atoms with Crippen molar-refractivity contribution in [3.8, 4) is 28.8 Å². The second kappa shape index (κ2) is 9.57. The number of benzene rings is 1. The van der Waals surface area contributed by atoms with Gasteiger partial charge in [0.25, 0.3) is 5.91 Å². The third kappa shape index (κ3) is 4.22. The van der Waals surface area contributed by atoms with Gasteiger partial charge in [0, 0.05) is 36.6 Å². The molecule has 0 bridgehead atoms. The summed E-state index contributed by atoms with van der Waals surface area (Å²) in [5.41, 5.74) is 4.59. The summed E-state index contributed by atoms with van der Waals surface area (Å²) in [6, 6.07) is 6.67. The molecule has 1 atom stereocenters. The Morgan fingerprint density at radius 2 is 2.15 bits per heavy atom. The number of halogens is 1. The molecule has 34 heavy (non-hydrogen) atoms. The largest absolute Gasteiger partial charge is 0.492 e. The lowest BCUT2D eigenvalue weighted by atomic mass is 10.0. The first-order valence-electron chi connectivity index (χ1n) is 11.5. The van der Waals surface area contributed by atoms with E-state index in [1.165, 1.54) is 19.6 Å². The minimum Gasteiger partial charge on any atom is -0.492 e. The maximum absolute atomic E-state index is 14.4. The molecule has 4 N–H and O–H groups in total. The number of nitrogens with zero attached hydrogens (tertiary/aromatic N) is 1. The quantitative estimate of drug-likeness (QED) is 0.446. The summed E-state index contributed by atoms with van der Waals surface area (Å²) in [5, 5.41) is 9.60. The van der Waals surface area contributed by atoms with Gasteiger partial charge in [0.2, 0.25) is 0 Å². The monoisotopic (exact) mass is 459 g/mol. The molecule has 2 aromatic heterocycles. The average molecular weight is 460 g/mol. The van der Waals surface area contributed by atoms with E-state index in [2.05, 4.69) is 37.8 Å². The van der Waals surface area contributed by atoms with Crippen LogP contribution in [0.25, 0.3) is 11.3 Å². The number of nitrogens with one attached hydrogen (secondary N) is 4. The first kappa shape index (κ1) is 22.0. The number of anilines is 2. The van der Waals surface area contributed by atoms with Crippen LogP contribution in [0.15, 0.2) is 36.7 Å². The Morgan fingerprint density at radius 3 is 2.97 bits per heavy atom. The first-order chi connectivity index (χ1) is 16.7. The zero-order valence-electron chi connectivity index (χ0n) is 18.9. The van der Waals surface area contributed by atoms with Gasteiger partial charge in [-0.25, -0.2) is 4.39 Å². The lowest BCUT2D eigenvalue weighted by Gasteiger charge is -2.18. The minimum atomic E-state index is -0.488. The molecule has 7 nitrogen and oxygen atoms in total. The van der Waals surface area contributed by atoms with Crippen molar-refractivity contribution in [2.24, 2.45) is 0 Å². The fourth-order valence-corrected chi connectivity index (χ4v) is 4.51. The number of rotatable bonds is 4. The van der Waals surface area contributed by atoms with E-state index in [9.17, 15) is 9.18 Å². The van der Waals surface area contributed by atoms with Crippen molar-refractivity contribution < 1.29 is 13.9 Å². The van der Waals surface area contributed by atoms with Crippen molar-refractivity contribution in [1.29, 1.82) is 0 Å². The van der Waals surface area contributed by atoms with Crippen LogP contribution in [0, 0.1) is 17.7 Å². The third-order valence-electron chi connectivity index (χ3n) is 6.18. The predicted octanol–water partition coefficient (Wildman–Crippen LogP) is 3.75. The van der Waals surface area contributed by atoms with Crippen LogP contribution in [0.4, 0.5) is 15.8 Å². The maximum atomic E-state index is 14.4. The van der Waals surface area contributed by atoms with Crippen molar-refractivity contribution in [2.75, 3.05) is 25.5 Å². The van der Waals surface area contributed by atoms with E-state index in [0.29, 0.717) is 35.6 Å². The standard InChI is InChI=1S/C26H26FN5O2/c1-34-25-19(27)6-4-7-21(25)32-24-22-20(11-14-30-26(22)33)31-23(24)18-10-13-28-15-16(18)8-9-17-5-2-3-12-29-17/h4,6-7,10,13,15,17,29,31-32H,2-3,5,11-12,14H2,1H3,(H,30,33). The lowest BCUT2D eigenvalue weighted by Crippen LogP contribution is -2.32. The van der Waals surface area contributed by atoms with Crippen LogP contribution in [0.5, 0.6) is 5.75 Å². The van der Waals surface area contributed by atoms with Crippen LogP contribution >= 0.6 is 0 Å². The second-order valence-corrected chi connectivity index (χ2v) is 8.37. The van der Waals surface area contributed by atoms with Crippen LogP contribution in [-0.2, 0) is 6.42 Å². The van der Waals surface area contributed by atoms with Gasteiger partial charge in [0.05, 0.1) is 41.3 Å². The van der Waals surface area contributed by atoms with Crippen molar-refractivity contribution in [2.45, 2.75) is 31.7 Å². The molecule has 1 fully saturated rings. The van der Waals surface area contributed by atoms with E-state index in [-0.39, 0.29) is 17.7 Å². The molecule has 0 aliphatic carbocycles. The lowest BCUT2D eigenvalue weighted by molar-refractivity contribution is 0.0947. The van der Waals surface area contributed by atoms with E-state index in [1.54, 1.807) is 24.5 Å². The Bertz CT molecular complexity index is 1280. The number of ether oxygens (including phenoxy) is 1. The van der Waals surface area contributed by atoms with E-state index in [4.69, 9.17) is 4.74 Å². The number of hydrogen-bond acceptors (Lipinski definition) is 5. The molecule has 4 heterocycles. The smallest absolute Gasteiger partial charge is 0.255 e. The molecule has 2 aliphatic rings. The van der Waals surface area contributed by atoms with Crippen LogP contribution in [0.2, 0.25) is 0 Å². The zero-order chi connectivity index (χ0) is 23.5. The van der Waals surface area contributed by atoms with Crippen molar-refractivity contribution in [3.05, 3.63) is 59.3 Å². The van der Waals surface area contributed by atoms with Gasteiger partial charge in [-0.2, -0.15) is 0 Å². The Labute approximate surface area is 197 Å². The van der Waals surface area contributed by atoms with Gasteiger partial charge in [-0.15, -0.1) is 0 Å². The van der Waals surface area contributed by atoms with Crippen LogP contribution in [-0.4, -0.2) is 42.1 Å². The Balaban J connectivity index is 1.62. The maximum Gasteiger partial charge on any atom is 0.255 e. The summed E-state index contributed by atoms with van der Waals surface area (Å²) in [7, 11) is 1.42. The summed E-state index contributed by atoms with van der Waals surface area (Å²) in [4.78, 5) is 20.6. The molecule has 5 rings (SSSR count). The number of piperidine rings is 1. The molecule has 1 saturated heterocycles. The van der Waals surface area contributed by atoms with Crippen molar-refractivity contribution in [1.82, 2.24) is 20.6 Å². The highest BCUT2D eigenvalue weighted by molar-refractivity contribution is 6.06. The fraction of sp³-hybridized carbons (Fsp3) is 0.308. The van der Waals surface area contributed by atoms with Crippen molar-refractivity contribution in [3.63, 3.8) is 0 Å². The molecule has 3 aromatic rings. The van der Waals surface area contributed by atoms with Gasteiger partial charge in [-0.1, -0.05) is 17.9 Å². The highest BCUT2D eigenvalue weighted by Gasteiger charge is 2.28. The summed E-state index contributed by atoms with van der Waals surface area (Å²) >= 11 is 0. The molecule has 0 saturated carbocycles. The highest BCUT2D eigenvalue weighted by Crippen LogP contribution is 2.40. The van der Waals surface area contributed by atoms with Gasteiger partial charge in [0.15, 0.2) is 11.6 Å². The SMILES string of the molecule is COc1c(F)cccc1Nc1c(-c2ccncc2C#CC2CCCCN2)[nH]c2c1C(=O)NCC2. The van der Waals surface area contributed by atoms with Gasteiger partial charge >= 0.3 is 0 Å². The molecule has 1 aromatic carbocycles. The van der Waals surface area contributed by atoms with Crippen LogP contribution in [0.1, 0.15) is 40.9 Å². The average Bonchev–Trinajstić information content (AvgIpc) is 3.23. The number of H-pyrrole nitrogens is 1. The number of fused-ring (bicyclic) bond motifs is 1. The first-order valence-corrected chi connectivity index (χ1v) is 11.5. The third-order valence-corrected chi connectivity index (χ3v) is 6.18. The van der Waals surface area contributed by atoms with E-state index in [1.807, 2.05) is 6.07 Å². The molecule has 8 heteroatoms. The van der Waals surface area contributed by atoms with Gasteiger partial charge in [-0.05, 0) is 44.0 Å². The predicted molar refractivity (Wildman–Crippen MR) is 129 cm³/mol. The van der Waals surface area contributed by atoms with Gasteiger partial charge in [0.1, 0.15) is 0 Å². The molecule has 1 unspecified atom stereocenters. The normalized spacial score (nSPS) is 17.2. The highest BCUT2D eigenvalue weighted by atomic mass is 19.1. The summed E-state index contributed by atoms with van der Waals surface area (Å²) < 4.78 is 19.7. The molecular weight excluding hydrogens is 433 g/mol. The summed E-state index contributed by atoms with van der Waals surface area (Å²) in [5.74, 6) is 6.03. The van der Waals surface area contributed by atoms with Crippen LogP contribution in [0.3, 0.4) is 0 Å². The van der Waals surface area contributed by atoms with E-state index in [0.717, 1.165) is 36.2 Å². The number of methoxy groups -OCH3 is 1. The van der Waals surface area contributed by atoms with E-state index >= 15 is 0 Å². The molecule has 1 amide bonds. The zero-order valence-corrected chi connectivity index (χ0v) is 18.9. The number of carbonyl (C=O) groups excluding carboxylic acids is 1. The van der Waals surface area contributed by atoms with Crippen molar-refractivity contribution >= 4 is 17.3 Å². The molecule has 174 valence electrons.